The van der Waals surface area contributed by atoms with Crippen LogP contribution in [0, 0.1) is 11.8 Å². The first-order valence-corrected chi connectivity index (χ1v) is 42.5. The summed E-state index contributed by atoms with van der Waals surface area (Å²) in [7, 11) is -9.91. The van der Waals surface area contributed by atoms with E-state index in [1.54, 1.807) is 0 Å². The molecule has 0 aromatic heterocycles. The molecule has 17 nitrogen and oxygen atoms in total. The summed E-state index contributed by atoms with van der Waals surface area (Å²) in [6.45, 7) is 9.49. The number of phosphoric acid groups is 2. The lowest BCUT2D eigenvalue weighted by molar-refractivity contribution is -0.161. The molecular formula is C76H148O17P2. The molecule has 3 N–H and O–H groups in total. The number of unbranched alkanes of at least 4 members (excludes halogenated alkanes) is 44. The lowest BCUT2D eigenvalue weighted by atomic mass is 10.00. The highest BCUT2D eigenvalue weighted by Gasteiger charge is 2.30. The summed E-state index contributed by atoms with van der Waals surface area (Å²) >= 11 is 0. The van der Waals surface area contributed by atoms with Crippen LogP contribution in [0.15, 0.2) is 0 Å². The van der Waals surface area contributed by atoms with Crippen molar-refractivity contribution in [3.63, 3.8) is 0 Å². The molecule has 0 saturated carbocycles. The van der Waals surface area contributed by atoms with Crippen LogP contribution in [0.4, 0.5) is 0 Å². The summed E-state index contributed by atoms with van der Waals surface area (Å²) in [6, 6.07) is 0. The van der Waals surface area contributed by atoms with Gasteiger partial charge in [-0.1, -0.05) is 343 Å². The molecule has 0 rings (SSSR count). The van der Waals surface area contributed by atoms with Crippen LogP contribution in [0.1, 0.15) is 395 Å². The third-order valence-electron chi connectivity index (χ3n) is 18.1. The van der Waals surface area contributed by atoms with E-state index in [0.29, 0.717) is 31.6 Å². The second-order valence-electron chi connectivity index (χ2n) is 28.1. The van der Waals surface area contributed by atoms with E-state index in [1.165, 1.54) is 205 Å². The number of rotatable bonds is 75. The van der Waals surface area contributed by atoms with E-state index in [1.807, 2.05) is 0 Å². The Balaban J connectivity index is 5.22. The van der Waals surface area contributed by atoms with Gasteiger partial charge in [-0.3, -0.25) is 37.3 Å². The fourth-order valence-electron chi connectivity index (χ4n) is 11.6. The molecule has 0 spiro atoms. The van der Waals surface area contributed by atoms with Gasteiger partial charge in [0.2, 0.25) is 0 Å². The van der Waals surface area contributed by atoms with Crippen LogP contribution in [-0.2, 0) is 65.4 Å². The number of esters is 4. The van der Waals surface area contributed by atoms with Crippen molar-refractivity contribution in [1.29, 1.82) is 0 Å². The summed E-state index contributed by atoms with van der Waals surface area (Å²) in [5.74, 6) is -0.693. The molecule has 0 aliphatic heterocycles. The minimum Gasteiger partial charge on any atom is -0.462 e. The fourth-order valence-corrected chi connectivity index (χ4v) is 13.2. The van der Waals surface area contributed by atoms with Crippen molar-refractivity contribution in [3.05, 3.63) is 0 Å². The second kappa shape index (κ2) is 67.9. The van der Waals surface area contributed by atoms with Gasteiger partial charge >= 0.3 is 39.5 Å². The predicted molar refractivity (Wildman–Crippen MR) is 386 cm³/mol. The Kier molecular flexibility index (Phi) is 66.5. The van der Waals surface area contributed by atoms with Crippen LogP contribution >= 0.6 is 15.6 Å². The van der Waals surface area contributed by atoms with Crippen LogP contribution in [0.5, 0.6) is 0 Å². The molecule has 0 bridgehead atoms. The van der Waals surface area contributed by atoms with E-state index in [4.69, 9.17) is 37.0 Å². The number of phosphoric ester groups is 2. The van der Waals surface area contributed by atoms with E-state index >= 15 is 0 Å². The summed E-state index contributed by atoms with van der Waals surface area (Å²) in [5, 5.41) is 10.6. The van der Waals surface area contributed by atoms with Gasteiger partial charge in [0, 0.05) is 25.7 Å². The topological polar surface area (TPSA) is 237 Å². The maximum absolute atomic E-state index is 13.1. The maximum atomic E-state index is 13.1. The van der Waals surface area contributed by atoms with Gasteiger partial charge in [0.1, 0.15) is 19.3 Å². The number of aliphatic hydroxyl groups excluding tert-OH is 1. The number of aliphatic hydroxyl groups is 1. The molecular weight excluding hydrogens is 1250 g/mol. The van der Waals surface area contributed by atoms with Gasteiger partial charge in [-0.05, 0) is 37.5 Å². The molecule has 19 heteroatoms. The quantitative estimate of drug-likeness (QED) is 0.0222. The highest BCUT2D eigenvalue weighted by Crippen LogP contribution is 2.45. The third kappa shape index (κ3) is 69.0. The van der Waals surface area contributed by atoms with Crippen molar-refractivity contribution in [2.45, 2.75) is 413 Å². The van der Waals surface area contributed by atoms with Crippen LogP contribution in [0.25, 0.3) is 0 Å². The molecule has 0 aliphatic rings. The number of carbonyl (C=O) groups is 4. The van der Waals surface area contributed by atoms with Crippen LogP contribution in [-0.4, -0.2) is 96.7 Å². The van der Waals surface area contributed by atoms with Gasteiger partial charge in [0.15, 0.2) is 12.2 Å². The zero-order chi connectivity index (χ0) is 70.0. The first-order valence-electron chi connectivity index (χ1n) is 39.5. The number of hydrogen-bond donors (Lipinski definition) is 3. The van der Waals surface area contributed by atoms with Crippen molar-refractivity contribution in [2.24, 2.45) is 11.8 Å². The van der Waals surface area contributed by atoms with Gasteiger partial charge in [-0.25, -0.2) is 9.13 Å². The van der Waals surface area contributed by atoms with E-state index in [-0.39, 0.29) is 25.7 Å². The largest absolute Gasteiger partial charge is 0.472 e. The first kappa shape index (κ1) is 93.1. The molecule has 0 amide bonds. The number of carbonyl (C=O) groups excluding carboxylic acids is 4. The Labute approximate surface area is 581 Å². The summed E-state index contributed by atoms with van der Waals surface area (Å²) in [6.07, 6.45) is 55.7. The summed E-state index contributed by atoms with van der Waals surface area (Å²) in [4.78, 5) is 72.8. The average molecular weight is 1400 g/mol. The van der Waals surface area contributed by atoms with Gasteiger partial charge in [0.05, 0.1) is 26.4 Å². The Morgan fingerprint density at radius 1 is 0.305 bits per heavy atom. The minimum atomic E-state index is -4.96. The SMILES string of the molecule is CCCCCCCCCCCCCCCCCCCCC(=O)O[C@H](COC(=O)CCCCCCCCCCCCCCCCCCC)COP(=O)(O)OC[C@@H](O)COP(=O)(O)OC[C@@H](COC(=O)CCCCCCCCC(C)CC)OC(=O)CCCCCCCCCC(C)C. The zero-order valence-electron chi connectivity index (χ0n) is 62.0. The monoisotopic (exact) mass is 1400 g/mol. The minimum absolute atomic E-state index is 0.103. The standard InChI is InChI=1S/C76H148O17P2/c1-7-10-12-14-16-18-20-22-24-26-28-30-32-34-36-40-48-54-60-75(80)92-71(64-86-73(78)58-52-46-39-35-33-31-29-27-25-23-21-19-17-15-13-11-8-2)66-90-94(82,83)88-62-70(77)63-89-95(84,85)91-67-72(93-76(81)61-55-49-41-37-38-44-50-56-68(4)5)65-87-74(79)59-53-47-43-42-45-51-57-69(6)9-3/h68-72,77H,7-67H2,1-6H3,(H,82,83)(H,84,85)/t69?,70-,71-,72-/m1/s1. The Bertz CT molecular complexity index is 1840. The number of hydrogen-bond acceptors (Lipinski definition) is 15. The van der Waals surface area contributed by atoms with Crippen LogP contribution in [0.3, 0.4) is 0 Å². The number of ether oxygens (including phenoxy) is 4. The molecule has 0 fully saturated rings. The molecule has 3 unspecified atom stereocenters. The highest BCUT2D eigenvalue weighted by atomic mass is 31.2. The summed E-state index contributed by atoms with van der Waals surface area (Å²) in [5.41, 5.74) is 0. The van der Waals surface area contributed by atoms with Crippen LogP contribution in [0.2, 0.25) is 0 Å². The molecule has 564 valence electrons. The third-order valence-corrected chi connectivity index (χ3v) is 20.0. The molecule has 0 heterocycles. The van der Waals surface area contributed by atoms with Gasteiger partial charge in [-0.15, -0.1) is 0 Å². The van der Waals surface area contributed by atoms with Gasteiger partial charge in [-0.2, -0.15) is 0 Å². The Morgan fingerprint density at radius 2 is 0.537 bits per heavy atom. The zero-order valence-corrected chi connectivity index (χ0v) is 63.8. The molecule has 0 aromatic rings. The van der Waals surface area contributed by atoms with E-state index < -0.39 is 97.5 Å². The van der Waals surface area contributed by atoms with Crippen molar-refractivity contribution in [3.8, 4) is 0 Å². The van der Waals surface area contributed by atoms with Gasteiger partial charge < -0.3 is 33.8 Å². The molecule has 95 heavy (non-hydrogen) atoms. The van der Waals surface area contributed by atoms with Crippen molar-refractivity contribution in [2.75, 3.05) is 39.6 Å². The highest BCUT2D eigenvalue weighted by molar-refractivity contribution is 7.47. The van der Waals surface area contributed by atoms with E-state index in [0.717, 1.165) is 102 Å². The maximum Gasteiger partial charge on any atom is 0.472 e. The Hall–Kier alpha value is -1.94. The average Bonchev–Trinajstić information content (AvgIpc) is 1.64. The molecule has 6 atom stereocenters. The smallest absolute Gasteiger partial charge is 0.462 e. The normalized spacial score (nSPS) is 14.3. The fraction of sp³-hybridized carbons (Fsp3) is 0.947. The van der Waals surface area contributed by atoms with Crippen molar-refractivity contribution in [1.82, 2.24) is 0 Å². The Morgan fingerprint density at radius 3 is 0.800 bits per heavy atom. The predicted octanol–water partition coefficient (Wildman–Crippen LogP) is 22.3. The van der Waals surface area contributed by atoms with E-state index in [9.17, 15) is 43.2 Å². The molecule has 0 saturated heterocycles. The first-order chi connectivity index (χ1) is 45.9. The molecule has 0 aliphatic carbocycles. The molecule has 0 aromatic carbocycles. The van der Waals surface area contributed by atoms with E-state index in [2.05, 4.69) is 41.5 Å². The lowest BCUT2D eigenvalue weighted by Crippen LogP contribution is -2.30. The second-order valence-corrected chi connectivity index (χ2v) is 31.0. The van der Waals surface area contributed by atoms with Gasteiger partial charge in [0.25, 0.3) is 0 Å². The van der Waals surface area contributed by atoms with Crippen LogP contribution < -0.4 is 0 Å². The molecule has 0 radical (unpaired) electrons. The lowest BCUT2D eigenvalue weighted by Gasteiger charge is -2.21. The van der Waals surface area contributed by atoms with Crippen molar-refractivity contribution >= 4 is 39.5 Å². The van der Waals surface area contributed by atoms with Crippen molar-refractivity contribution < 1.29 is 80.2 Å². The summed E-state index contributed by atoms with van der Waals surface area (Å²) < 4.78 is 68.5.